The van der Waals surface area contributed by atoms with Gasteiger partial charge in [0.15, 0.2) is 6.61 Å². The van der Waals surface area contributed by atoms with Crippen LogP contribution in [0.5, 0.6) is 5.75 Å². The predicted octanol–water partition coefficient (Wildman–Crippen LogP) is 2.83. The number of nitrogens with one attached hydrogen (secondary N) is 1. The van der Waals surface area contributed by atoms with Crippen LogP contribution in [0.1, 0.15) is 11.1 Å². The molecule has 0 saturated carbocycles. The normalized spacial score (nSPS) is 9.95. The first-order chi connectivity index (χ1) is 10.2. The molecule has 0 bridgehead atoms. The summed E-state index contributed by atoms with van der Waals surface area (Å²) >= 11 is 0. The van der Waals surface area contributed by atoms with Gasteiger partial charge in [-0.3, -0.25) is 0 Å². The van der Waals surface area contributed by atoms with Crippen molar-refractivity contribution in [1.82, 2.24) is 0 Å². The summed E-state index contributed by atoms with van der Waals surface area (Å²) in [6, 6.07) is 13.5. The molecular formula is C16H15FN2O2. The molecule has 0 fully saturated rings. The SMILES string of the molecule is N#CCOc1cc(F)ccc1NCc1ccc(CO)cc1. The number of hydrogen-bond acceptors (Lipinski definition) is 4. The van der Waals surface area contributed by atoms with Gasteiger partial charge in [0.1, 0.15) is 17.6 Å². The zero-order valence-corrected chi connectivity index (χ0v) is 11.3. The first-order valence-electron chi connectivity index (χ1n) is 6.45. The lowest BCUT2D eigenvalue weighted by Crippen LogP contribution is -2.03. The smallest absolute Gasteiger partial charge is 0.174 e. The molecular weight excluding hydrogens is 271 g/mol. The number of nitriles is 1. The largest absolute Gasteiger partial charge is 0.476 e. The van der Waals surface area contributed by atoms with E-state index in [0.717, 1.165) is 11.1 Å². The number of halogens is 1. The maximum Gasteiger partial charge on any atom is 0.174 e. The quantitative estimate of drug-likeness (QED) is 0.857. The summed E-state index contributed by atoms with van der Waals surface area (Å²) in [6.07, 6.45) is 0. The van der Waals surface area contributed by atoms with Crippen molar-refractivity contribution < 1.29 is 14.2 Å². The number of hydrogen-bond donors (Lipinski definition) is 2. The summed E-state index contributed by atoms with van der Waals surface area (Å²) in [6.45, 7) is 0.404. The number of ether oxygens (including phenoxy) is 1. The first kappa shape index (κ1) is 14.8. The molecule has 4 nitrogen and oxygen atoms in total. The number of nitrogens with zero attached hydrogens (tertiary/aromatic N) is 1. The Morgan fingerprint density at radius 3 is 2.52 bits per heavy atom. The maximum atomic E-state index is 13.2. The molecule has 0 saturated heterocycles. The van der Waals surface area contributed by atoms with Crippen LogP contribution in [-0.2, 0) is 13.2 Å². The Labute approximate surface area is 122 Å². The third-order valence-electron chi connectivity index (χ3n) is 2.92. The van der Waals surface area contributed by atoms with Crippen molar-refractivity contribution in [3.63, 3.8) is 0 Å². The summed E-state index contributed by atoms with van der Waals surface area (Å²) in [5, 5.41) is 20.7. The molecule has 0 unspecified atom stereocenters. The van der Waals surface area contributed by atoms with Crippen LogP contribution in [0.4, 0.5) is 10.1 Å². The van der Waals surface area contributed by atoms with Crippen molar-refractivity contribution in [1.29, 1.82) is 5.26 Å². The molecule has 0 aliphatic heterocycles. The van der Waals surface area contributed by atoms with Gasteiger partial charge in [-0.15, -0.1) is 0 Å². The third-order valence-corrected chi connectivity index (χ3v) is 2.92. The van der Waals surface area contributed by atoms with Crippen LogP contribution < -0.4 is 10.1 Å². The zero-order valence-electron chi connectivity index (χ0n) is 11.3. The highest BCUT2D eigenvalue weighted by atomic mass is 19.1. The minimum atomic E-state index is -0.416. The molecule has 2 aromatic rings. The van der Waals surface area contributed by atoms with Gasteiger partial charge in [0.05, 0.1) is 12.3 Å². The molecule has 0 radical (unpaired) electrons. The lowest BCUT2D eigenvalue weighted by atomic mass is 10.1. The number of rotatable bonds is 6. The van der Waals surface area contributed by atoms with E-state index in [9.17, 15) is 4.39 Å². The standard InChI is InChI=1S/C16H15FN2O2/c17-14-5-6-15(16(9-14)21-8-7-18)19-10-12-1-3-13(11-20)4-2-12/h1-6,9,19-20H,8,10-11H2. The van der Waals surface area contributed by atoms with E-state index in [0.29, 0.717) is 18.0 Å². The van der Waals surface area contributed by atoms with E-state index < -0.39 is 5.82 Å². The Bertz CT molecular complexity index is 636. The highest BCUT2D eigenvalue weighted by molar-refractivity contribution is 5.56. The molecule has 108 valence electrons. The molecule has 5 heteroatoms. The van der Waals surface area contributed by atoms with Crippen LogP contribution in [0.2, 0.25) is 0 Å². The second kappa shape index (κ2) is 7.27. The lowest BCUT2D eigenvalue weighted by Gasteiger charge is -2.12. The molecule has 0 heterocycles. The number of benzene rings is 2. The molecule has 2 aromatic carbocycles. The van der Waals surface area contributed by atoms with E-state index in [1.165, 1.54) is 12.1 Å². The van der Waals surface area contributed by atoms with Crippen molar-refractivity contribution in [3.05, 3.63) is 59.4 Å². The highest BCUT2D eigenvalue weighted by Gasteiger charge is 2.05. The Balaban J connectivity index is 2.06. The number of aliphatic hydroxyl groups excluding tert-OH is 1. The van der Waals surface area contributed by atoms with Gasteiger partial charge in [0.2, 0.25) is 0 Å². The monoisotopic (exact) mass is 286 g/mol. The minimum Gasteiger partial charge on any atom is -0.476 e. The van der Waals surface area contributed by atoms with Crippen LogP contribution in [-0.4, -0.2) is 11.7 Å². The van der Waals surface area contributed by atoms with Gasteiger partial charge in [0, 0.05) is 12.6 Å². The van der Waals surface area contributed by atoms with Crippen LogP contribution >= 0.6 is 0 Å². The van der Waals surface area contributed by atoms with Gasteiger partial charge in [-0.05, 0) is 23.3 Å². The number of aliphatic hydroxyl groups is 1. The second-order valence-electron chi connectivity index (χ2n) is 4.42. The van der Waals surface area contributed by atoms with E-state index in [1.807, 2.05) is 30.3 Å². The fraction of sp³-hybridized carbons (Fsp3) is 0.188. The van der Waals surface area contributed by atoms with Crippen LogP contribution in [0.25, 0.3) is 0 Å². The average Bonchev–Trinajstić information content (AvgIpc) is 2.52. The molecule has 21 heavy (non-hydrogen) atoms. The Hall–Kier alpha value is -2.58. The van der Waals surface area contributed by atoms with Crippen LogP contribution in [0.3, 0.4) is 0 Å². The number of anilines is 1. The molecule has 0 aliphatic carbocycles. The minimum absolute atomic E-state index is 0.0117. The lowest BCUT2D eigenvalue weighted by molar-refractivity contribution is 0.282. The molecule has 0 atom stereocenters. The maximum absolute atomic E-state index is 13.2. The van der Waals surface area contributed by atoms with E-state index >= 15 is 0 Å². The highest BCUT2D eigenvalue weighted by Crippen LogP contribution is 2.26. The topological polar surface area (TPSA) is 65.3 Å². The molecule has 0 amide bonds. The summed E-state index contributed by atoms with van der Waals surface area (Å²) in [5.41, 5.74) is 2.49. The van der Waals surface area contributed by atoms with Crippen LogP contribution in [0, 0.1) is 17.1 Å². The molecule has 2 rings (SSSR count). The van der Waals surface area contributed by atoms with E-state index in [4.69, 9.17) is 15.1 Å². The second-order valence-corrected chi connectivity index (χ2v) is 4.42. The van der Waals surface area contributed by atoms with Crippen molar-refractivity contribution in [2.75, 3.05) is 11.9 Å². The Kier molecular flexibility index (Phi) is 5.13. The van der Waals surface area contributed by atoms with Gasteiger partial charge in [-0.2, -0.15) is 5.26 Å². The van der Waals surface area contributed by atoms with Gasteiger partial charge >= 0.3 is 0 Å². The van der Waals surface area contributed by atoms with Gasteiger partial charge in [0.25, 0.3) is 0 Å². The fourth-order valence-corrected chi connectivity index (χ4v) is 1.83. The average molecular weight is 286 g/mol. The summed E-state index contributed by atoms with van der Waals surface area (Å²) < 4.78 is 18.4. The molecule has 0 aromatic heterocycles. The third kappa shape index (κ3) is 4.20. The zero-order chi connectivity index (χ0) is 15.1. The van der Waals surface area contributed by atoms with Gasteiger partial charge < -0.3 is 15.2 Å². The molecule has 0 spiro atoms. The Morgan fingerprint density at radius 2 is 1.86 bits per heavy atom. The van der Waals surface area contributed by atoms with Crippen LogP contribution in [0.15, 0.2) is 42.5 Å². The van der Waals surface area contributed by atoms with Gasteiger partial charge in [-0.1, -0.05) is 24.3 Å². The predicted molar refractivity (Wildman–Crippen MR) is 77.2 cm³/mol. The van der Waals surface area contributed by atoms with Gasteiger partial charge in [-0.25, -0.2) is 4.39 Å². The van der Waals surface area contributed by atoms with Crippen molar-refractivity contribution in [2.45, 2.75) is 13.2 Å². The first-order valence-corrected chi connectivity index (χ1v) is 6.45. The van der Waals surface area contributed by atoms with Crippen molar-refractivity contribution in [3.8, 4) is 11.8 Å². The van der Waals surface area contributed by atoms with Crippen molar-refractivity contribution in [2.24, 2.45) is 0 Å². The molecule has 2 N–H and O–H groups in total. The van der Waals surface area contributed by atoms with E-state index in [-0.39, 0.29) is 13.2 Å². The van der Waals surface area contributed by atoms with Crippen molar-refractivity contribution >= 4 is 5.69 Å². The fourth-order valence-electron chi connectivity index (χ4n) is 1.83. The summed E-state index contributed by atoms with van der Waals surface area (Å²) in [5.74, 6) is -0.107. The molecule has 0 aliphatic rings. The van der Waals surface area contributed by atoms with E-state index in [2.05, 4.69) is 5.32 Å². The summed E-state index contributed by atoms with van der Waals surface area (Å²) in [7, 11) is 0. The Morgan fingerprint density at radius 1 is 1.14 bits per heavy atom. The van der Waals surface area contributed by atoms with E-state index in [1.54, 1.807) is 6.07 Å². The summed E-state index contributed by atoms with van der Waals surface area (Å²) in [4.78, 5) is 0.